The fraction of sp³-hybridized carbons (Fsp3) is 0.360. The van der Waals surface area contributed by atoms with E-state index in [1.807, 2.05) is 19.2 Å². The van der Waals surface area contributed by atoms with Gasteiger partial charge < -0.3 is 14.8 Å². The summed E-state index contributed by atoms with van der Waals surface area (Å²) in [6.45, 7) is 3.39. The number of anilines is 1. The lowest BCUT2D eigenvalue weighted by Crippen LogP contribution is -2.42. The molecule has 1 aliphatic rings. The number of piperidine rings is 1. The first-order valence-corrected chi connectivity index (χ1v) is 13.0. The number of carbonyl (C=O) groups excluding carboxylic acids is 1. The number of aromatic nitrogens is 2. The fourth-order valence-corrected chi connectivity index (χ4v) is 6.01. The molecule has 0 spiro atoms. The third-order valence-electron chi connectivity index (χ3n) is 5.99. The molecule has 9 nitrogen and oxygen atoms in total. The predicted molar refractivity (Wildman–Crippen MR) is 132 cm³/mol. The van der Waals surface area contributed by atoms with E-state index in [4.69, 9.17) is 9.47 Å². The number of amides is 1. The number of nitrogens with zero attached hydrogens (tertiary/aromatic N) is 3. The van der Waals surface area contributed by atoms with Crippen LogP contribution in [0.3, 0.4) is 0 Å². The first-order chi connectivity index (χ1) is 16.9. The standard InChI is InChI=1S/C25H30N4O5S/c1-19-7-3-4-14-29(19)35(31,32)24-17-20(10-11-23(24)33-2)25(30)27-21-8-5-9-22(18-21)34-16-15-28-13-6-12-26-28/h5-6,8-13,17-19H,3-4,7,14-16H2,1-2H3,(H,27,30). The van der Waals surface area contributed by atoms with Crippen LogP contribution < -0.4 is 14.8 Å². The Bertz CT molecular complexity index is 1260. The van der Waals surface area contributed by atoms with Crippen LogP contribution >= 0.6 is 0 Å². The van der Waals surface area contributed by atoms with Crippen LogP contribution in [0.25, 0.3) is 0 Å². The molecule has 4 rings (SSSR count). The number of nitrogens with one attached hydrogen (secondary N) is 1. The SMILES string of the molecule is COc1ccc(C(=O)Nc2cccc(OCCn3cccn3)c2)cc1S(=O)(=O)N1CCCCC1C. The molecule has 35 heavy (non-hydrogen) atoms. The van der Waals surface area contributed by atoms with Gasteiger partial charge in [-0.25, -0.2) is 8.42 Å². The zero-order valence-corrected chi connectivity index (χ0v) is 20.7. The Balaban J connectivity index is 1.49. The second-order valence-electron chi connectivity index (χ2n) is 8.43. The average Bonchev–Trinajstić information content (AvgIpc) is 3.37. The van der Waals surface area contributed by atoms with Crippen molar-refractivity contribution < 1.29 is 22.7 Å². The van der Waals surface area contributed by atoms with Crippen molar-refractivity contribution in [3.05, 3.63) is 66.5 Å². The summed E-state index contributed by atoms with van der Waals surface area (Å²) in [5.41, 5.74) is 0.760. The first kappa shape index (κ1) is 24.7. The second kappa shape index (κ2) is 10.9. The zero-order chi connectivity index (χ0) is 24.8. The number of sulfonamides is 1. The van der Waals surface area contributed by atoms with E-state index in [9.17, 15) is 13.2 Å². The minimum Gasteiger partial charge on any atom is -0.495 e. The molecule has 0 aliphatic carbocycles. The summed E-state index contributed by atoms with van der Waals surface area (Å²) in [5.74, 6) is 0.392. The van der Waals surface area contributed by atoms with Crippen LogP contribution in [0, 0.1) is 0 Å². The first-order valence-electron chi connectivity index (χ1n) is 11.6. The van der Waals surface area contributed by atoms with Crippen LogP contribution in [-0.4, -0.2) is 54.7 Å². The van der Waals surface area contributed by atoms with Crippen LogP contribution in [0.5, 0.6) is 11.5 Å². The summed E-state index contributed by atoms with van der Waals surface area (Å²) in [5, 5.41) is 6.95. The molecule has 2 heterocycles. The van der Waals surface area contributed by atoms with Gasteiger partial charge in [-0.1, -0.05) is 12.5 Å². The van der Waals surface area contributed by atoms with E-state index in [0.717, 1.165) is 19.3 Å². The predicted octanol–water partition coefficient (Wildman–Crippen LogP) is 3.79. The van der Waals surface area contributed by atoms with Gasteiger partial charge in [0.05, 0.1) is 13.7 Å². The van der Waals surface area contributed by atoms with Crippen molar-refractivity contribution in [3.63, 3.8) is 0 Å². The third kappa shape index (κ3) is 5.83. The van der Waals surface area contributed by atoms with E-state index in [2.05, 4.69) is 10.4 Å². The maximum atomic E-state index is 13.4. The molecular weight excluding hydrogens is 468 g/mol. The van der Waals surface area contributed by atoms with E-state index in [0.29, 0.717) is 31.1 Å². The fourth-order valence-electron chi connectivity index (χ4n) is 4.13. The molecule has 1 N–H and O–H groups in total. The highest BCUT2D eigenvalue weighted by molar-refractivity contribution is 7.89. The minimum atomic E-state index is -3.82. The molecule has 10 heteroatoms. The van der Waals surface area contributed by atoms with Gasteiger partial charge in [0.1, 0.15) is 23.0 Å². The van der Waals surface area contributed by atoms with E-state index in [-0.39, 0.29) is 22.3 Å². The van der Waals surface area contributed by atoms with E-state index in [1.54, 1.807) is 41.2 Å². The lowest BCUT2D eigenvalue weighted by atomic mass is 10.1. The van der Waals surface area contributed by atoms with Gasteiger partial charge in [0.2, 0.25) is 10.0 Å². The van der Waals surface area contributed by atoms with Crippen molar-refractivity contribution in [2.45, 2.75) is 43.7 Å². The Morgan fingerprint density at radius 3 is 2.77 bits per heavy atom. The Labute approximate surface area is 205 Å². The molecule has 1 atom stereocenters. The van der Waals surface area contributed by atoms with Crippen molar-refractivity contribution in [2.75, 3.05) is 25.6 Å². The molecule has 1 aliphatic heterocycles. The van der Waals surface area contributed by atoms with E-state index < -0.39 is 15.9 Å². The van der Waals surface area contributed by atoms with Crippen molar-refractivity contribution in [1.82, 2.24) is 14.1 Å². The second-order valence-corrected chi connectivity index (χ2v) is 10.3. The number of ether oxygens (including phenoxy) is 2. The number of carbonyl (C=O) groups is 1. The summed E-state index contributed by atoms with van der Waals surface area (Å²) in [6, 6.07) is 13.2. The molecule has 186 valence electrons. The summed E-state index contributed by atoms with van der Waals surface area (Å²) < 4.78 is 41.2. The van der Waals surface area contributed by atoms with Crippen molar-refractivity contribution in [2.24, 2.45) is 0 Å². The molecule has 1 amide bonds. The van der Waals surface area contributed by atoms with Gasteiger partial charge in [0.25, 0.3) is 5.91 Å². The van der Waals surface area contributed by atoms with Gasteiger partial charge in [-0.2, -0.15) is 9.40 Å². The maximum Gasteiger partial charge on any atom is 0.255 e. The Morgan fingerprint density at radius 1 is 1.17 bits per heavy atom. The normalized spacial score (nSPS) is 16.6. The molecular formula is C25H30N4O5S. The zero-order valence-electron chi connectivity index (χ0n) is 19.9. The highest BCUT2D eigenvalue weighted by atomic mass is 32.2. The quantitative estimate of drug-likeness (QED) is 0.482. The summed E-state index contributed by atoms with van der Waals surface area (Å²) in [7, 11) is -2.40. The van der Waals surface area contributed by atoms with Gasteiger partial charge in [-0.15, -0.1) is 0 Å². The van der Waals surface area contributed by atoms with Gasteiger partial charge in [0, 0.05) is 42.3 Å². The lowest BCUT2D eigenvalue weighted by Gasteiger charge is -2.32. The third-order valence-corrected chi connectivity index (χ3v) is 8.03. The van der Waals surface area contributed by atoms with Gasteiger partial charge in [0.15, 0.2) is 0 Å². The molecule has 1 fully saturated rings. The molecule has 1 unspecified atom stereocenters. The Morgan fingerprint density at radius 2 is 2.03 bits per heavy atom. The van der Waals surface area contributed by atoms with Crippen molar-refractivity contribution in [3.8, 4) is 11.5 Å². The van der Waals surface area contributed by atoms with Crippen LogP contribution in [0.2, 0.25) is 0 Å². The van der Waals surface area contributed by atoms with Crippen LogP contribution in [0.4, 0.5) is 5.69 Å². The smallest absolute Gasteiger partial charge is 0.255 e. The average molecular weight is 499 g/mol. The Hall–Kier alpha value is -3.37. The van der Waals surface area contributed by atoms with E-state index >= 15 is 0 Å². The van der Waals surface area contributed by atoms with Crippen LogP contribution in [-0.2, 0) is 16.6 Å². The van der Waals surface area contributed by atoms with Crippen LogP contribution in [0.15, 0.2) is 65.8 Å². The molecule has 3 aromatic rings. The van der Waals surface area contributed by atoms with Crippen molar-refractivity contribution in [1.29, 1.82) is 0 Å². The maximum absolute atomic E-state index is 13.4. The van der Waals surface area contributed by atoms with Gasteiger partial charge >= 0.3 is 0 Å². The Kier molecular flexibility index (Phi) is 7.72. The number of hydrogen-bond acceptors (Lipinski definition) is 6. The number of benzene rings is 2. The highest BCUT2D eigenvalue weighted by Gasteiger charge is 2.33. The van der Waals surface area contributed by atoms with Crippen molar-refractivity contribution >= 4 is 21.6 Å². The molecule has 0 radical (unpaired) electrons. The topological polar surface area (TPSA) is 103 Å². The molecule has 1 aromatic heterocycles. The van der Waals surface area contributed by atoms with Gasteiger partial charge in [-0.05, 0) is 56.2 Å². The highest BCUT2D eigenvalue weighted by Crippen LogP contribution is 2.32. The summed E-state index contributed by atoms with van der Waals surface area (Å²) in [4.78, 5) is 13.0. The van der Waals surface area contributed by atoms with Crippen LogP contribution in [0.1, 0.15) is 36.5 Å². The number of hydrogen-bond donors (Lipinski definition) is 1. The summed E-state index contributed by atoms with van der Waals surface area (Å²) in [6.07, 6.45) is 6.18. The molecule has 0 saturated carbocycles. The number of methoxy groups -OCH3 is 1. The monoisotopic (exact) mass is 498 g/mol. The number of rotatable bonds is 9. The lowest BCUT2D eigenvalue weighted by molar-refractivity contribution is 0.102. The van der Waals surface area contributed by atoms with E-state index in [1.165, 1.54) is 23.5 Å². The summed E-state index contributed by atoms with van der Waals surface area (Å²) >= 11 is 0. The molecule has 1 saturated heterocycles. The molecule has 0 bridgehead atoms. The molecule has 2 aromatic carbocycles. The minimum absolute atomic E-state index is 0.00268. The largest absolute Gasteiger partial charge is 0.495 e. The van der Waals surface area contributed by atoms with Gasteiger partial charge in [-0.3, -0.25) is 9.48 Å².